The lowest BCUT2D eigenvalue weighted by molar-refractivity contribution is 1.19. The summed E-state index contributed by atoms with van der Waals surface area (Å²) in [5, 5.41) is 2.32. The molecule has 0 saturated carbocycles. The Kier molecular flexibility index (Phi) is 4.23. The number of aromatic nitrogens is 1. The number of nitrogens with zero attached hydrogens (tertiary/aromatic N) is 1. The van der Waals surface area contributed by atoms with Crippen molar-refractivity contribution in [3.8, 4) is 0 Å². The molecule has 1 aromatic heterocycles. The Hall–Kier alpha value is -0.730. The molecule has 1 nitrogen and oxygen atoms in total. The Balaban J connectivity index is 0.000000980. The van der Waals surface area contributed by atoms with Gasteiger partial charge in [-0.2, -0.15) is 0 Å². The van der Waals surface area contributed by atoms with Gasteiger partial charge in [-0.25, -0.2) is 4.98 Å². The number of rotatable bonds is 2. The lowest BCUT2D eigenvalue weighted by Gasteiger charge is -1.99. The topological polar surface area (TPSA) is 12.9 Å². The second kappa shape index (κ2) is 5.23. The molecule has 0 aliphatic rings. The zero-order chi connectivity index (χ0) is 9.10. The van der Waals surface area contributed by atoms with Crippen LogP contribution in [-0.2, 0) is 0 Å². The number of hydrogen-bond acceptors (Lipinski definition) is 2. The third kappa shape index (κ3) is 2.40. The third-order valence-corrected chi connectivity index (χ3v) is 2.68. The van der Waals surface area contributed by atoms with Crippen LogP contribution in [0.25, 0.3) is 10.9 Å². The first-order chi connectivity index (χ1) is 6.40. The van der Waals surface area contributed by atoms with Crippen LogP contribution in [0.5, 0.6) is 0 Å². The summed E-state index contributed by atoms with van der Waals surface area (Å²) in [6, 6.07) is 12.4. The van der Waals surface area contributed by atoms with E-state index in [0.717, 1.165) is 16.3 Å². The van der Waals surface area contributed by atoms with Crippen molar-refractivity contribution in [1.82, 2.24) is 4.98 Å². The molecule has 0 saturated heterocycles. The van der Waals surface area contributed by atoms with Gasteiger partial charge in [-0.15, -0.1) is 24.2 Å². The average molecular weight is 226 g/mol. The van der Waals surface area contributed by atoms with Gasteiger partial charge in [0.1, 0.15) is 0 Å². The van der Waals surface area contributed by atoms with Crippen molar-refractivity contribution >= 4 is 35.1 Å². The summed E-state index contributed by atoms with van der Waals surface area (Å²) in [7, 11) is 0. The zero-order valence-electron chi connectivity index (χ0n) is 7.93. The molecular weight excluding hydrogens is 214 g/mol. The molecule has 0 unspecified atom stereocenters. The Morgan fingerprint density at radius 3 is 2.71 bits per heavy atom. The Morgan fingerprint density at radius 2 is 1.93 bits per heavy atom. The number of fused-ring (bicyclic) bond motifs is 1. The monoisotopic (exact) mass is 225 g/mol. The first kappa shape index (κ1) is 11.3. The molecule has 3 heteroatoms. The summed E-state index contributed by atoms with van der Waals surface area (Å²) in [4.78, 5) is 4.53. The predicted octanol–water partition coefficient (Wildman–Crippen LogP) is 3.77. The largest absolute Gasteiger partial charge is 0.241 e. The maximum Gasteiger partial charge on any atom is 0.0967 e. The van der Waals surface area contributed by atoms with Gasteiger partial charge in [-0.05, 0) is 17.9 Å². The smallest absolute Gasteiger partial charge is 0.0967 e. The number of hydrogen-bond donors (Lipinski definition) is 0. The number of benzene rings is 1. The van der Waals surface area contributed by atoms with E-state index in [-0.39, 0.29) is 12.4 Å². The maximum absolute atomic E-state index is 4.53. The average Bonchev–Trinajstić information content (AvgIpc) is 2.18. The lowest BCUT2D eigenvalue weighted by Crippen LogP contribution is -1.81. The van der Waals surface area contributed by atoms with Crippen molar-refractivity contribution in [3.63, 3.8) is 0 Å². The van der Waals surface area contributed by atoms with Gasteiger partial charge in [0, 0.05) is 5.39 Å². The molecule has 0 spiro atoms. The minimum absolute atomic E-state index is 0. The molecule has 0 amide bonds. The highest BCUT2D eigenvalue weighted by Crippen LogP contribution is 2.18. The number of para-hydroxylation sites is 1. The third-order valence-electron chi connectivity index (χ3n) is 1.87. The van der Waals surface area contributed by atoms with Crippen molar-refractivity contribution in [3.05, 3.63) is 36.4 Å². The lowest BCUT2D eigenvalue weighted by atomic mass is 10.2. The second-order valence-corrected chi connectivity index (χ2v) is 4.06. The van der Waals surface area contributed by atoms with Crippen LogP contribution >= 0.6 is 24.2 Å². The standard InChI is InChI=1S/C11H11NS.ClH/c1-2-13-11-8-7-9-5-3-4-6-10(9)12-11;/h3-8H,2H2,1H3;1H. The summed E-state index contributed by atoms with van der Waals surface area (Å²) < 4.78 is 0. The highest BCUT2D eigenvalue weighted by Gasteiger charge is 1.95. The first-order valence-corrected chi connectivity index (χ1v) is 5.37. The minimum Gasteiger partial charge on any atom is -0.241 e. The molecular formula is C11H12ClNS. The van der Waals surface area contributed by atoms with Crippen LogP contribution < -0.4 is 0 Å². The Labute approximate surface area is 94.3 Å². The Morgan fingerprint density at radius 1 is 1.14 bits per heavy atom. The summed E-state index contributed by atoms with van der Waals surface area (Å²) in [5.74, 6) is 1.07. The van der Waals surface area contributed by atoms with Gasteiger partial charge >= 0.3 is 0 Å². The van der Waals surface area contributed by atoms with Crippen molar-refractivity contribution in [2.75, 3.05) is 5.75 Å². The van der Waals surface area contributed by atoms with Gasteiger partial charge in [0.2, 0.25) is 0 Å². The molecule has 0 aliphatic carbocycles. The molecule has 0 aliphatic heterocycles. The van der Waals surface area contributed by atoms with E-state index in [1.54, 1.807) is 11.8 Å². The summed E-state index contributed by atoms with van der Waals surface area (Å²) >= 11 is 1.78. The minimum atomic E-state index is 0. The van der Waals surface area contributed by atoms with Crippen LogP contribution in [-0.4, -0.2) is 10.7 Å². The summed E-state index contributed by atoms with van der Waals surface area (Å²) in [5.41, 5.74) is 1.08. The van der Waals surface area contributed by atoms with E-state index in [9.17, 15) is 0 Å². The fourth-order valence-electron chi connectivity index (χ4n) is 1.28. The first-order valence-electron chi connectivity index (χ1n) is 4.39. The van der Waals surface area contributed by atoms with Crippen molar-refractivity contribution in [2.24, 2.45) is 0 Å². The fraction of sp³-hybridized carbons (Fsp3) is 0.182. The normalized spacial score (nSPS) is 9.79. The van der Waals surface area contributed by atoms with Gasteiger partial charge in [-0.3, -0.25) is 0 Å². The van der Waals surface area contributed by atoms with E-state index in [2.05, 4.69) is 36.2 Å². The quantitative estimate of drug-likeness (QED) is 0.722. The number of thioether (sulfide) groups is 1. The second-order valence-electron chi connectivity index (χ2n) is 2.78. The molecule has 0 bridgehead atoms. The van der Waals surface area contributed by atoms with Crippen LogP contribution in [0, 0.1) is 0 Å². The molecule has 74 valence electrons. The molecule has 1 aromatic carbocycles. The van der Waals surface area contributed by atoms with E-state index in [0.29, 0.717) is 0 Å². The zero-order valence-corrected chi connectivity index (χ0v) is 9.57. The summed E-state index contributed by atoms with van der Waals surface area (Å²) in [6.07, 6.45) is 0. The molecule has 0 radical (unpaired) electrons. The fourth-order valence-corrected chi connectivity index (χ4v) is 1.90. The maximum atomic E-state index is 4.53. The Bertz CT molecular complexity index is 417. The van der Waals surface area contributed by atoms with Crippen molar-refractivity contribution in [2.45, 2.75) is 11.9 Å². The van der Waals surface area contributed by atoms with Gasteiger partial charge in [-0.1, -0.05) is 31.2 Å². The predicted molar refractivity (Wildman–Crippen MR) is 65.4 cm³/mol. The molecule has 0 atom stereocenters. The SMILES string of the molecule is CCSc1ccc2ccccc2n1.Cl. The van der Waals surface area contributed by atoms with Gasteiger partial charge in [0.05, 0.1) is 10.5 Å². The van der Waals surface area contributed by atoms with Crippen LogP contribution in [0.3, 0.4) is 0 Å². The highest BCUT2D eigenvalue weighted by atomic mass is 35.5. The number of pyridine rings is 1. The van der Waals surface area contributed by atoms with E-state index in [4.69, 9.17) is 0 Å². The van der Waals surface area contributed by atoms with Crippen molar-refractivity contribution in [1.29, 1.82) is 0 Å². The summed E-state index contributed by atoms with van der Waals surface area (Å²) in [6.45, 7) is 2.14. The molecule has 2 rings (SSSR count). The van der Waals surface area contributed by atoms with Crippen LogP contribution in [0.15, 0.2) is 41.4 Å². The van der Waals surface area contributed by atoms with E-state index in [1.807, 2.05) is 12.1 Å². The van der Waals surface area contributed by atoms with E-state index >= 15 is 0 Å². The molecule has 2 aromatic rings. The van der Waals surface area contributed by atoms with Crippen LogP contribution in [0.2, 0.25) is 0 Å². The molecule has 0 N–H and O–H groups in total. The highest BCUT2D eigenvalue weighted by molar-refractivity contribution is 7.99. The molecule has 14 heavy (non-hydrogen) atoms. The molecule has 1 heterocycles. The van der Waals surface area contributed by atoms with Gasteiger partial charge in [0.25, 0.3) is 0 Å². The number of halogens is 1. The van der Waals surface area contributed by atoms with Crippen LogP contribution in [0.1, 0.15) is 6.92 Å². The van der Waals surface area contributed by atoms with Gasteiger partial charge < -0.3 is 0 Å². The van der Waals surface area contributed by atoms with E-state index < -0.39 is 0 Å². The van der Waals surface area contributed by atoms with Crippen LogP contribution in [0.4, 0.5) is 0 Å². The molecule has 0 fully saturated rings. The van der Waals surface area contributed by atoms with Crippen molar-refractivity contribution < 1.29 is 0 Å². The van der Waals surface area contributed by atoms with Gasteiger partial charge in [0.15, 0.2) is 0 Å². The van der Waals surface area contributed by atoms with E-state index in [1.165, 1.54) is 5.39 Å².